The predicted octanol–water partition coefficient (Wildman–Crippen LogP) is 2.77. The van der Waals surface area contributed by atoms with Gasteiger partial charge in [0.1, 0.15) is 11.8 Å². The van der Waals surface area contributed by atoms with E-state index in [4.69, 9.17) is 4.74 Å². The van der Waals surface area contributed by atoms with Gasteiger partial charge >= 0.3 is 0 Å². The summed E-state index contributed by atoms with van der Waals surface area (Å²) in [5.74, 6) is 2.74. The summed E-state index contributed by atoms with van der Waals surface area (Å²) < 4.78 is 5.74. The molecule has 1 aliphatic rings. The summed E-state index contributed by atoms with van der Waals surface area (Å²) in [4.78, 5) is 29.0. The molecule has 0 saturated carbocycles. The van der Waals surface area contributed by atoms with E-state index >= 15 is 0 Å². The van der Waals surface area contributed by atoms with Gasteiger partial charge in [-0.25, -0.2) is 0 Å². The molecular formula is C21H33N3O3S. The molecule has 0 bridgehead atoms. The van der Waals surface area contributed by atoms with Crippen LogP contribution >= 0.6 is 11.8 Å². The van der Waals surface area contributed by atoms with Crippen LogP contribution < -0.4 is 15.0 Å². The van der Waals surface area contributed by atoms with Gasteiger partial charge in [-0.2, -0.15) is 11.8 Å². The smallest absolute Gasteiger partial charge is 0.245 e. The molecule has 0 radical (unpaired) electrons. The zero-order valence-corrected chi connectivity index (χ0v) is 18.1. The van der Waals surface area contributed by atoms with Crippen molar-refractivity contribution in [2.45, 2.75) is 39.7 Å². The summed E-state index contributed by atoms with van der Waals surface area (Å²) in [5, 5.41) is 2.91. The lowest BCUT2D eigenvalue weighted by Crippen LogP contribution is -2.55. The third-order valence-corrected chi connectivity index (χ3v) is 5.74. The molecule has 1 heterocycles. The molecule has 2 amide bonds. The fraction of sp³-hybridized carbons (Fsp3) is 0.619. The highest BCUT2D eigenvalue weighted by atomic mass is 32.2. The fourth-order valence-corrected chi connectivity index (χ4v) is 3.97. The van der Waals surface area contributed by atoms with Crippen molar-refractivity contribution < 1.29 is 14.3 Å². The van der Waals surface area contributed by atoms with E-state index < -0.39 is 6.04 Å². The summed E-state index contributed by atoms with van der Waals surface area (Å²) in [6.07, 6.45) is 1.07. The van der Waals surface area contributed by atoms with E-state index in [2.05, 4.69) is 23.2 Å². The molecule has 1 aromatic rings. The van der Waals surface area contributed by atoms with Crippen molar-refractivity contribution >= 4 is 29.3 Å². The fourth-order valence-electron chi connectivity index (χ4n) is 3.28. The molecule has 7 heteroatoms. The van der Waals surface area contributed by atoms with E-state index in [-0.39, 0.29) is 11.8 Å². The molecule has 1 atom stereocenters. The first kappa shape index (κ1) is 22.4. The highest BCUT2D eigenvalue weighted by molar-refractivity contribution is 7.99. The molecule has 1 saturated heterocycles. The van der Waals surface area contributed by atoms with Crippen LogP contribution in [0.25, 0.3) is 0 Å². The lowest BCUT2D eigenvalue weighted by Gasteiger charge is -2.38. The molecule has 1 aliphatic heterocycles. The van der Waals surface area contributed by atoms with Gasteiger partial charge in [-0.15, -0.1) is 0 Å². The monoisotopic (exact) mass is 407 g/mol. The highest BCUT2D eigenvalue weighted by Gasteiger charge is 2.28. The van der Waals surface area contributed by atoms with Crippen LogP contribution in [0.4, 0.5) is 5.69 Å². The highest BCUT2D eigenvalue weighted by Crippen LogP contribution is 2.28. The maximum atomic E-state index is 13.0. The predicted molar refractivity (Wildman–Crippen MR) is 116 cm³/mol. The van der Waals surface area contributed by atoms with Gasteiger partial charge in [-0.1, -0.05) is 26.0 Å². The molecular weight excluding hydrogens is 374 g/mol. The van der Waals surface area contributed by atoms with E-state index in [0.717, 1.165) is 36.0 Å². The first-order valence-electron chi connectivity index (χ1n) is 10.2. The molecule has 0 aromatic heterocycles. The summed E-state index contributed by atoms with van der Waals surface area (Å²) in [6.45, 7) is 9.34. The lowest BCUT2D eigenvalue weighted by molar-refractivity contribution is -0.136. The standard InChI is InChI=1S/C21H33N3O3S/c1-4-20(25)22-17(11-16-28-6-3)21(26)24-14-12-23(13-15-24)18-9-7-8-10-19(18)27-5-2/h7-10,17H,4-6,11-16H2,1-3H3,(H,22,25). The van der Waals surface area contributed by atoms with Crippen LogP contribution in [0.15, 0.2) is 24.3 Å². The number of ether oxygens (including phenoxy) is 1. The third-order valence-electron chi connectivity index (χ3n) is 4.81. The van der Waals surface area contributed by atoms with Crippen LogP contribution in [0.3, 0.4) is 0 Å². The number of rotatable bonds is 10. The average molecular weight is 408 g/mol. The van der Waals surface area contributed by atoms with Gasteiger partial charge in [0.15, 0.2) is 0 Å². The Bertz CT molecular complexity index is 633. The number of anilines is 1. The molecule has 2 rings (SSSR count). The van der Waals surface area contributed by atoms with Crippen molar-refractivity contribution in [1.29, 1.82) is 0 Å². The van der Waals surface area contributed by atoms with Gasteiger partial charge in [-0.3, -0.25) is 9.59 Å². The molecule has 6 nitrogen and oxygen atoms in total. The number of benzene rings is 1. The van der Waals surface area contributed by atoms with E-state index in [1.54, 1.807) is 11.8 Å². The normalized spacial score (nSPS) is 15.2. The molecule has 0 aliphatic carbocycles. The number of hydrogen-bond acceptors (Lipinski definition) is 5. The SMILES string of the molecule is CCOc1ccccc1N1CCN(C(=O)C(CCSCC)NC(=O)CC)CC1. The zero-order valence-electron chi connectivity index (χ0n) is 17.3. The van der Waals surface area contributed by atoms with Gasteiger partial charge in [0.2, 0.25) is 11.8 Å². The van der Waals surface area contributed by atoms with Crippen molar-refractivity contribution in [3.8, 4) is 5.75 Å². The Morgan fingerprint density at radius 3 is 2.50 bits per heavy atom. The minimum Gasteiger partial charge on any atom is -0.492 e. The second kappa shape index (κ2) is 11.8. The number of carbonyl (C=O) groups excluding carboxylic acids is 2. The number of nitrogens with one attached hydrogen (secondary N) is 1. The number of para-hydroxylation sites is 2. The molecule has 1 fully saturated rings. The molecule has 0 spiro atoms. The Balaban J connectivity index is 1.97. The van der Waals surface area contributed by atoms with Gasteiger partial charge in [-0.05, 0) is 37.0 Å². The van der Waals surface area contributed by atoms with Crippen LogP contribution in [-0.2, 0) is 9.59 Å². The number of piperazine rings is 1. The maximum absolute atomic E-state index is 13.0. The molecule has 156 valence electrons. The molecule has 1 N–H and O–H groups in total. The number of nitrogens with zero attached hydrogens (tertiary/aromatic N) is 2. The number of thioether (sulfide) groups is 1. The van der Waals surface area contributed by atoms with Crippen LogP contribution in [0.5, 0.6) is 5.75 Å². The number of amides is 2. The minimum atomic E-state index is -0.422. The molecule has 1 unspecified atom stereocenters. The molecule has 1 aromatic carbocycles. The molecule has 28 heavy (non-hydrogen) atoms. The van der Waals surface area contributed by atoms with Crippen LogP contribution in [-0.4, -0.2) is 67.0 Å². The van der Waals surface area contributed by atoms with Crippen LogP contribution in [0.2, 0.25) is 0 Å². The van der Waals surface area contributed by atoms with E-state index in [1.807, 2.05) is 36.9 Å². The quantitative estimate of drug-likeness (QED) is 0.605. The minimum absolute atomic E-state index is 0.0382. The van der Waals surface area contributed by atoms with Crippen molar-refractivity contribution in [1.82, 2.24) is 10.2 Å². The van der Waals surface area contributed by atoms with E-state index in [1.165, 1.54) is 0 Å². The topological polar surface area (TPSA) is 61.9 Å². The Morgan fingerprint density at radius 1 is 1.14 bits per heavy atom. The first-order chi connectivity index (χ1) is 13.6. The Hall–Kier alpha value is -1.89. The Kier molecular flexibility index (Phi) is 9.47. The van der Waals surface area contributed by atoms with Crippen molar-refractivity contribution in [3.05, 3.63) is 24.3 Å². The number of hydrogen-bond donors (Lipinski definition) is 1. The first-order valence-corrected chi connectivity index (χ1v) is 11.4. The maximum Gasteiger partial charge on any atom is 0.245 e. The summed E-state index contributed by atoms with van der Waals surface area (Å²) >= 11 is 1.79. The average Bonchev–Trinajstić information content (AvgIpc) is 2.73. The van der Waals surface area contributed by atoms with Gasteiger partial charge < -0.3 is 19.9 Å². The van der Waals surface area contributed by atoms with Crippen molar-refractivity contribution in [2.24, 2.45) is 0 Å². The van der Waals surface area contributed by atoms with Gasteiger partial charge in [0, 0.05) is 32.6 Å². The third kappa shape index (κ3) is 6.33. The van der Waals surface area contributed by atoms with Gasteiger partial charge in [0.05, 0.1) is 12.3 Å². The Labute approximate surface area is 173 Å². The summed E-state index contributed by atoms with van der Waals surface area (Å²) in [7, 11) is 0. The van der Waals surface area contributed by atoms with Crippen molar-refractivity contribution in [2.75, 3.05) is 49.2 Å². The van der Waals surface area contributed by atoms with Crippen molar-refractivity contribution in [3.63, 3.8) is 0 Å². The summed E-state index contributed by atoms with van der Waals surface area (Å²) in [6, 6.07) is 7.61. The van der Waals surface area contributed by atoms with Crippen LogP contribution in [0, 0.1) is 0 Å². The number of carbonyl (C=O) groups is 2. The second-order valence-corrected chi connectivity index (χ2v) is 8.07. The van der Waals surface area contributed by atoms with E-state index in [0.29, 0.717) is 32.5 Å². The Morgan fingerprint density at radius 2 is 1.86 bits per heavy atom. The van der Waals surface area contributed by atoms with Gasteiger partial charge in [0.25, 0.3) is 0 Å². The van der Waals surface area contributed by atoms with E-state index in [9.17, 15) is 9.59 Å². The lowest BCUT2D eigenvalue weighted by atomic mass is 10.1. The zero-order chi connectivity index (χ0) is 20.4. The largest absolute Gasteiger partial charge is 0.492 e. The second-order valence-electron chi connectivity index (χ2n) is 6.67. The summed E-state index contributed by atoms with van der Waals surface area (Å²) in [5.41, 5.74) is 1.08. The van der Waals surface area contributed by atoms with Crippen LogP contribution in [0.1, 0.15) is 33.6 Å².